The van der Waals surface area contributed by atoms with Crippen LogP contribution < -0.4 is 0 Å². The molecule has 4 heteroatoms. The van der Waals surface area contributed by atoms with E-state index < -0.39 is 5.97 Å². The van der Waals surface area contributed by atoms with Gasteiger partial charge in [-0.25, -0.2) is 0 Å². The minimum Gasteiger partial charge on any atom is -0.481 e. The van der Waals surface area contributed by atoms with Gasteiger partial charge in [-0.05, 0) is 70.6 Å². The van der Waals surface area contributed by atoms with Gasteiger partial charge in [-0.3, -0.25) is 9.59 Å². The van der Waals surface area contributed by atoms with Gasteiger partial charge in [-0.1, -0.05) is 190 Å². The Bertz CT molecular complexity index is 881. The van der Waals surface area contributed by atoms with E-state index in [0.717, 1.165) is 77.0 Å². The third-order valence-corrected chi connectivity index (χ3v) is 9.27. The standard InChI is InChI=1S/C46H80O4/c1-3-5-7-9-11-13-15-17-19-21-23-25-27-29-31-33-35-37-39-41-46(49)50-44(42-43-45(47)48)40-38-36-34-32-30-28-26-24-22-20-18-16-14-12-10-8-6-4-2/h5,7,11,13,17,19,23,25,29,31,44H,3-4,6,8-10,12,14-16,18,20-22,24,26-28,30,32-43H2,1-2H3,(H,47,48)/b7-5-,13-11-,19-17-,25-23-,31-29-. The highest BCUT2D eigenvalue weighted by molar-refractivity contribution is 5.69. The molecule has 0 radical (unpaired) electrons. The molecule has 0 spiro atoms. The molecular formula is C46H80O4. The van der Waals surface area contributed by atoms with Crippen LogP contribution in [0.15, 0.2) is 60.8 Å². The monoisotopic (exact) mass is 697 g/mol. The average Bonchev–Trinajstić information content (AvgIpc) is 3.10. The summed E-state index contributed by atoms with van der Waals surface area (Å²) in [5.74, 6) is -0.989. The van der Waals surface area contributed by atoms with Gasteiger partial charge >= 0.3 is 11.9 Å². The molecule has 0 bridgehead atoms. The van der Waals surface area contributed by atoms with Gasteiger partial charge in [0.1, 0.15) is 6.10 Å². The summed E-state index contributed by atoms with van der Waals surface area (Å²) in [6, 6.07) is 0. The molecule has 288 valence electrons. The molecular weight excluding hydrogens is 617 g/mol. The summed E-state index contributed by atoms with van der Waals surface area (Å²) in [5.41, 5.74) is 0. The third kappa shape index (κ3) is 40.1. The van der Waals surface area contributed by atoms with Crippen molar-refractivity contribution < 1.29 is 19.4 Å². The number of aliphatic carboxylic acids is 1. The molecule has 0 aliphatic heterocycles. The topological polar surface area (TPSA) is 63.6 Å². The Balaban J connectivity index is 3.79. The van der Waals surface area contributed by atoms with E-state index in [4.69, 9.17) is 9.84 Å². The zero-order valence-corrected chi connectivity index (χ0v) is 32.9. The summed E-state index contributed by atoms with van der Waals surface area (Å²) in [6.07, 6.45) is 56.7. The molecule has 0 amide bonds. The molecule has 4 nitrogen and oxygen atoms in total. The van der Waals surface area contributed by atoms with Crippen LogP contribution in [0.2, 0.25) is 0 Å². The Morgan fingerprint density at radius 1 is 0.460 bits per heavy atom. The van der Waals surface area contributed by atoms with Crippen molar-refractivity contribution in [3.8, 4) is 0 Å². The second kappa shape index (κ2) is 41.1. The molecule has 0 aliphatic carbocycles. The molecule has 50 heavy (non-hydrogen) atoms. The van der Waals surface area contributed by atoms with Crippen LogP contribution in [0.4, 0.5) is 0 Å². The highest BCUT2D eigenvalue weighted by Crippen LogP contribution is 2.18. The first-order valence-corrected chi connectivity index (χ1v) is 21.3. The predicted molar refractivity (Wildman–Crippen MR) is 218 cm³/mol. The van der Waals surface area contributed by atoms with E-state index in [-0.39, 0.29) is 18.5 Å². The second-order valence-electron chi connectivity index (χ2n) is 14.2. The summed E-state index contributed by atoms with van der Waals surface area (Å²) in [5, 5.41) is 9.15. The lowest BCUT2D eigenvalue weighted by atomic mass is 10.0. The van der Waals surface area contributed by atoms with Gasteiger partial charge in [0.05, 0.1) is 0 Å². The van der Waals surface area contributed by atoms with E-state index in [2.05, 4.69) is 74.6 Å². The van der Waals surface area contributed by atoms with Gasteiger partial charge in [0.2, 0.25) is 0 Å². The van der Waals surface area contributed by atoms with Crippen LogP contribution >= 0.6 is 0 Å². The maximum atomic E-state index is 12.5. The Morgan fingerprint density at radius 2 is 0.860 bits per heavy atom. The van der Waals surface area contributed by atoms with Gasteiger partial charge in [0, 0.05) is 12.8 Å². The van der Waals surface area contributed by atoms with Crippen molar-refractivity contribution in [2.24, 2.45) is 0 Å². The predicted octanol–water partition coefficient (Wildman–Crippen LogP) is 14.9. The minimum atomic E-state index is -0.820. The van der Waals surface area contributed by atoms with Crippen molar-refractivity contribution in [3.05, 3.63) is 60.8 Å². The lowest BCUT2D eigenvalue weighted by Crippen LogP contribution is -2.19. The quantitative estimate of drug-likeness (QED) is 0.0396. The fourth-order valence-corrected chi connectivity index (χ4v) is 6.14. The Morgan fingerprint density at radius 3 is 1.30 bits per heavy atom. The van der Waals surface area contributed by atoms with E-state index >= 15 is 0 Å². The minimum absolute atomic E-state index is 0.0598. The number of unbranched alkanes of at least 4 members (excludes halogenated alkanes) is 20. The average molecular weight is 697 g/mol. The number of hydrogen-bond donors (Lipinski definition) is 1. The van der Waals surface area contributed by atoms with Crippen molar-refractivity contribution in [1.29, 1.82) is 0 Å². The largest absolute Gasteiger partial charge is 0.481 e. The number of carboxylic acid groups (broad SMARTS) is 1. The van der Waals surface area contributed by atoms with Crippen LogP contribution in [0, 0.1) is 0 Å². The first-order valence-electron chi connectivity index (χ1n) is 21.3. The maximum absolute atomic E-state index is 12.5. The second-order valence-corrected chi connectivity index (χ2v) is 14.2. The number of esters is 1. The van der Waals surface area contributed by atoms with Crippen LogP contribution in [0.5, 0.6) is 0 Å². The molecule has 0 aromatic carbocycles. The molecule has 0 heterocycles. The number of carbonyl (C=O) groups excluding carboxylic acids is 1. The summed E-state index contributed by atoms with van der Waals surface area (Å²) in [7, 11) is 0. The molecule has 1 N–H and O–H groups in total. The Hall–Kier alpha value is -2.36. The van der Waals surface area contributed by atoms with Crippen LogP contribution in [0.1, 0.15) is 213 Å². The number of carbonyl (C=O) groups is 2. The summed E-state index contributed by atoms with van der Waals surface area (Å²) < 4.78 is 5.74. The zero-order valence-electron chi connectivity index (χ0n) is 32.9. The van der Waals surface area contributed by atoms with E-state index in [0.29, 0.717) is 12.8 Å². The zero-order chi connectivity index (χ0) is 36.4. The number of ether oxygens (including phenoxy) is 1. The van der Waals surface area contributed by atoms with Gasteiger partial charge in [0.15, 0.2) is 0 Å². The molecule has 0 saturated carbocycles. The van der Waals surface area contributed by atoms with Crippen LogP contribution in [-0.2, 0) is 14.3 Å². The summed E-state index contributed by atoms with van der Waals surface area (Å²) >= 11 is 0. The number of rotatable bonds is 38. The Labute approximate surface area is 310 Å². The fourth-order valence-electron chi connectivity index (χ4n) is 6.14. The summed E-state index contributed by atoms with van der Waals surface area (Å²) in [6.45, 7) is 4.44. The van der Waals surface area contributed by atoms with E-state index in [9.17, 15) is 9.59 Å². The smallest absolute Gasteiger partial charge is 0.306 e. The highest BCUT2D eigenvalue weighted by Gasteiger charge is 2.15. The maximum Gasteiger partial charge on any atom is 0.306 e. The SMILES string of the molecule is CC/C=C\C/C=C\C/C=C\C/C=C\C/C=C\CCCCCC(=O)OC(CCCCCCCCCCCCCCCCCCCC)CCC(=O)O. The molecule has 0 aromatic heterocycles. The molecule has 0 aliphatic rings. The lowest BCUT2D eigenvalue weighted by Gasteiger charge is -2.17. The highest BCUT2D eigenvalue weighted by atomic mass is 16.5. The summed E-state index contributed by atoms with van der Waals surface area (Å²) in [4.78, 5) is 23.6. The normalized spacial score (nSPS) is 12.8. The van der Waals surface area contributed by atoms with Crippen LogP contribution in [0.25, 0.3) is 0 Å². The van der Waals surface area contributed by atoms with E-state index in [1.54, 1.807) is 0 Å². The first kappa shape index (κ1) is 47.6. The van der Waals surface area contributed by atoms with Crippen molar-refractivity contribution in [3.63, 3.8) is 0 Å². The molecule has 0 rings (SSSR count). The fraction of sp³-hybridized carbons (Fsp3) is 0.739. The third-order valence-electron chi connectivity index (χ3n) is 9.27. The van der Waals surface area contributed by atoms with Crippen molar-refractivity contribution in [1.82, 2.24) is 0 Å². The molecule has 1 atom stereocenters. The first-order chi connectivity index (χ1) is 24.6. The molecule has 0 saturated heterocycles. The molecule has 0 aromatic rings. The van der Waals surface area contributed by atoms with Gasteiger partial charge < -0.3 is 9.84 Å². The molecule has 1 unspecified atom stereocenters. The van der Waals surface area contributed by atoms with E-state index in [1.807, 2.05) is 0 Å². The van der Waals surface area contributed by atoms with Crippen LogP contribution in [0.3, 0.4) is 0 Å². The van der Waals surface area contributed by atoms with Gasteiger partial charge in [0.25, 0.3) is 0 Å². The van der Waals surface area contributed by atoms with Crippen molar-refractivity contribution >= 4 is 11.9 Å². The lowest BCUT2D eigenvalue weighted by molar-refractivity contribution is -0.151. The number of carboxylic acids is 1. The Kier molecular flexibility index (Phi) is 39.1. The van der Waals surface area contributed by atoms with Gasteiger partial charge in [-0.2, -0.15) is 0 Å². The molecule has 0 fully saturated rings. The number of allylic oxidation sites excluding steroid dienone is 10. The van der Waals surface area contributed by atoms with Crippen molar-refractivity contribution in [2.75, 3.05) is 0 Å². The van der Waals surface area contributed by atoms with Crippen LogP contribution in [-0.4, -0.2) is 23.1 Å². The van der Waals surface area contributed by atoms with Crippen molar-refractivity contribution in [2.45, 2.75) is 219 Å². The van der Waals surface area contributed by atoms with E-state index in [1.165, 1.54) is 103 Å². The number of hydrogen-bond acceptors (Lipinski definition) is 3. The van der Waals surface area contributed by atoms with Gasteiger partial charge in [-0.15, -0.1) is 0 Å².